The minimum Gasteiger partial charge on any atom is -0.364 e. The molecule has 27 heavy (non-hydrogen) atoms. The predicted octanol–water partition coefficient (Wildman–Crippen LogP) is 5.59. The number of alkyl halides is 6. The third kappa shape index (κ3) is 4.29. The molecule has 0 spiro atoms. The smallest absolute Gasteiger partial charge is 0.364 e. The first-order valence-corrected chi connectivity index (χ1v) is 7.79. The van der Waals surface area contributed by atoms with Crippen LogP contribution in [0, 0.1) is 6.92 Å². The van der Waals surface area contributed by atoms with Crippen LogP contribution in [0.5, 0.6) is 0 Å². The Morgan fingerprint density at radius 2 is 1.37 bits per heavy atom. The lowest BCUT2D eigenvalue weighted by atomic mass is 10.1. The van der Waals surface area contributed by atoms with E-state index in [0.717, 1.165) is 24.3 Å². The number of fused-ring (bicyclic) bond motifs is 1. The highest BCUT2D eigenvalue weighted by atomic mass is 19.4. The number of nitrogens with one attached hydrogen (secondary N) is 1. The van der Waals surface area contributed by atoms with Gasteiger partial charge in [0.2, 0.25) is 0 Å². The average Bonchev–Trinajstić information content (AvgIpc) is 2.58. The molecule has 0 aliphatic carbocycles. The van der Waals surface area contributed by atoms with E-state index in [0.29, 0.717) is 16.8 Å². The number of benzene rings is 2. The van der Waals surface area contributed by atoms with Crippen molar-refractivity contribution in [3.05, 3.63) is 64.8 Å². The maximum Gasteiger partial charge on any atom is 0.416 e. The topological polar surface area (TPSA) is 37.8 Å². The molecule has 0 radical (unpaired) electrons. The quantitative estimate of drug-likeness (QED) is 0.598. The van der Waals surface area contributed by atoms with E-state index in [1.54, 1.807) is 6.92 Å². The zero-order valence-electron chi connectivity index (χ0n) is 13.9. The Morgan fingerprint density at radius 3 is 1.96 bits per heavy atom. The number of hydrogen-bond donors (Lipinski definition) is 1. The molecule has 0 bridgehead atoms. The number of hydrogen-bond acceptors (Lipinski definition) is 3. The van der Waals surface area contributed by atoms with Crippen molar-refractivity contribution in [1.29, 1.82) is 0 Å². The SMILES string of the molecule is Cc1nc2ccc(C(F)(F)F)cc2nc1NCc1ccc(C(F)(F)F)cc1. The predicted molar refractivity (Wildman–Crippen MR) is 88.0 cm³/mol. The van der Waals surface area contributed by atoms with Crippen LogP contribution >= 0.6 is 0 Å². The van der Waals surface area contributed by atoms with Crippen molar-refractivity contribution in [2.45, 2.75) is 25.8 Å². The van der Waals surface area contributed by atoms with Gasteiger partial charge < -0.3 is 5.32 Å². The van der Waals surface area contributed by atoms with Gasteiger partial charge in [-0.2, -0.15) is 26.3 Å². The Morgan fingerprint density at radius 1 is 0.778 bits per heavy atom. The Balaban J connectivity index is 1.83. The molecule has 142 valence electrons. The first kappa shape index (κ1) is 18.9. The summed E-state index contributed by atoms with van der Waals surface area (Å²) in [6.45, 7) is 1.79. The van der Waals surface area contributed by atoms with Gasteiger partial charge in [0, 0.05) is 6.54 Å². The van der Waals surface area contributed by atoms with Gasteiger partial charge in [0.05, 0.1) is 27.9 Å². The van der Waals surface area contributed by atoms with Gasteiger partial charge in [0.1, 0.15) is 5.82 Å². The summed E-state index contributed by atoms with van der Waals surface area (Å²) in [6, 6.07) is 7.66. The van der Waals surface area contributed by atoms with Crippen LogP contribution in [0.25, 0.3) is 11.0 Å². The van der Waals surface area contributed by atoms with Crippen molar-refractivity contribution in [2.75, 3.05) is 5.32 Å². The van der Waals surface area contributed by atoms with Crippen molar-refractivity contribution in [1.82, 2.24) is 9.97 Å². The summed E-state index contributed by atoms with van der Waals surface area (Å²) in [4.78, 5) is 8.38. The maximum absolute atomic E-state index is 12.8. The van der Waals surface area contributed by atoms with Crippen LogP contribution in [0.2, 0.25) is 0 Å². The van der Waals surface area contributed by atoms with Crippen LogP contribution in [-0.2, 0) is 18.9 Å². The zero-order chi connectivity index (χ0) is 19.8. The minimum atomic E-state index is -4.49. The van der Waals surface area contributed by atoms with Gasteiger partial charge in [-0.1, -0.05) is 12.1 Å². The molecule has 1 N–H and O–H groups in total. The largest absolute Gasteiger partial charge is 0.416 e. The number of aryl methyl sites for hydroxylation is 1. The van der Waals surface area contributed by atoms with Crippen molar-refractivity contribution in [3.8, 4) is 0 Å². The molecule has 0 atom stereocenters. The first-order valence-electron chi connectivity index (χ1n) is 7.79. The summed E-state index contributed by atoms with van der Waals surface area (Å²) in [7, 11) is 0. The summed E-state index contributed by atoms with van der Waals surface area (Å²) in [5.74, 6) is 0.265. The Labute approximate surface area is 150 Å². The first-order chi connectivity index (χ1) is 12.5. The lowest BCUT2D eigenvalue weighted by Crippen LogP contribution is -2.08. The zero-order valence-corrected chi connectivity index (χ0v) is 13.9. The number of anilines is 1. The molecule has 0 unspecified atom stereocenters. The van der Waals surface area contributed by atoms with Crippen LogP contribution in [-0.4, -0.2) is 9.97 Å². The molecule has 0 amide bonds. The second-order valence-corrected chi connectivity index (χ2v) is 5.91. The van der Waals surface area contributed by atoms with Gasteiger partial charge in [-0.05, 0) is 42.8 Å². The van der Waals surface area contributed by atoms with Gasteiger partial charge >= 0.3 is 12.4 Å². The second-order valence-electron chi connectivity index (χ2n) is 5.91. The molecule has 0 saturated heterocycles. The van der Waals surface area contributed by atoms with Crippen LogP contribution in [0.15, 0.2) is 42.5 Å². The lowest BCUT2D eigenvalue weighted by molar-refractivity contribution is -0.138. The molecular formula is C18H13F6N3. The molecule has 0 fully saturated rings. The molecule has 0 saturated carbocycles. The Hall–Kier alpha value is -2.84. The van der Waals surface area contributed by atoms with E-state index >= 15 is 0 Å². The summed E-state index contributed by atoms with van der Waals surface area (Å²) in [6.07, 6.45) is -8.91. The van der Waals surface area contributed by atoms with E-state index in [9.17, 15) is 26.3 Å². The Bertz CT molecular complexity index is 962. The lowest BCUT2D eigenvalue weighted by Gasteiger charge is -2.12. The molecule has 0 aliphatic heterocycles. The van der Waals surface area contributed by atoms with Gasteiger partial charge in [0.15, 0.2) is 0 Å². The highest BCUT2D eigenvalue weighted by Gasteiger charge is 2.31. The fraction of sp³-hybridized carbons (Fsp3) is 0.222. The van der Waals surface area contributed by atoms with E-state index in [4.69, 9.17) is 0 Å². The minimum absolute atomic E-state index is 0.0744. The molecule has 3 aromatic rings. The maximum atomic E-state index is 12.8. The van der Waals surface area contributed by atoms with E-state index in [2.05, 4.69) is 15.3 Å². The highest BCUT2D eigenvalue weighted by Crippen LogP contribution is 2.31. The van der Waals surface area contributed by atoms with E-state index in [1.807, 2.05) is 0 Å². The molecular weight excluding hydrogens is 372 g/mol. The standard InChI is InChI=1S/C18H13F6N3/c1-10-16(25-9-11-2-4-12(5-3-11)17(19,20)21)27-15-8-13(18(22,23)24)6-7-14(15)26-10/h2-8H,9H2,1H3,(H,25,27). The molecule has 1 aromatic heterocycles. The van der Waals surface area contributed by atoms with Crippen molar-refractivity contribution < 1.29 is 26.3 Å². The van der Waals surface area contributed by atoms with Gasteiger partial charge in [-0.25, -0.2) is 9.97 Å². The number of aromatic nitrogens is 2. The molecule has 1 heterocycles. The Kier molecular flexibility index (Phi) is 4.71. The van der Waals surface area contributed by atoms with Gasteiger partial charge in [0.25, 0.3) is 0 Å². The van der Waals surface area contributed by atoms with E-state index in [-0.39, 0.29) is 17.9 Å². The van der Waals surface area contributed by atoms with Gasteiger partial charge in [-0.3, -0.25) is 0 Å². The number of rotatable bonds is 3. The molecule has 3 nitrogen and oxygen atoms in total. The molecule has 2 aromatic carbocycles. The monoisotopic (exact) mass is 385 g/mol. The van der Waals surface area contributed by atoms with Crippen LogP contribution in [0.3, 0.4) is 0 Å². The summed E-state index contributed by atoms with van der Waals surface area (Å²) >= 11 is 0. The normalized spacial score (nSPS) is 12.4. The third-order valence-electron chi connectivity index (χ3n) is 3.91. The van der Waals surface area contributed by atoms with Gasteiger partial charge in [-0.15, -0.1) is 0 Å². The molecule has 3 rings (SSSR count). The third-order valence-corrected chi connectivity index (χ3v) is 3.91. The van der Waals surface area contributed by atoms with Crippen LogP contribution < -0.4 is 5.32 Å². The summed E-state index contributed by atoms with van der Waals surface area (Å²) in [5.41, 5.74) is -0.164. The van der Waals surface area contributed by atoms with E-state index in [1.165, 1.54) is 18.2 Å². The van der Waals surface area contributed by atoms with Crippen molar-refractivity contribution in [3.63, 3.8) is 0 Å². The average molecular weight is 385 g/mol. The number of halogens is 6. The number of nitrogens with zero attached hydrogens (tertiary/aromatic N) is 2. The van der Waals surface area contributed by atoms with E-state index < -0.39 is 23.5 Å². The fourth-order valence-electron chi connectivity index (χ4n) is 2.48. The highest BCUT2D eigenvalue weighted by molar-refractivity contribution is 5.77. The summed E-state index contributed by atoms with van der Waals surface area (Å²) < 4.78 is 76.2. The second kappa shape index (κ2) is 6.71. The van der Waals surface area contributed by atoms with Crippen LogP contribution in [0.1, 0.15) is 22.4 Å². The molecule has 0 aliphatic rings. The molecule has 9 heteroatoms. The van der Waals surface area contributed by atoms with Crippen molar-refractivity contribution >= 4 is 16.9 Å². The van der Waals surface area contributed by atoms with Crippen LogP contribution in [0.4, 0.5) is 32.2 Å². The fourth-order valence-corrected chi connectivity index (χ4v) is 2.48. The summed E-state index contributed by atoms with van der Waals surface area (Å²) in [5, 5.41) is 2.90. The van der Waals surface area contributed by atoms with Crippen molar-refractivity contribution in [2.24, 2.45) is 0 Å².